The highest BCUT2D eigenvalue weighted by Gasteiger charge is 2.20. The smallest absolute Gasteiger partial charge is 0.122 e. The Morgan fingerprint density at radius 2 is 2.12 bits per heavy atom. The lowest BCUT2D eigenvalue weighted by Crippen LogP contribution is -2.47. The molecule has 2 heterocycles. The fraction of sp³-hybridized carbons (Fsp3) is 0.538. The molecule has 0 spiro atoms. The molecule has 1 fully saturated rings. The highest BCUT2D eigenvalue weighted by Crippen LogP contribution is 2.28. The largest absolute Gasteiger partial charge is 0.493 e. The zero-order valence-corrected chi connectivity index (χ0v) is 9.98. The van der Waals surface area contributed by atoms with Crippen LogP contribution in [0.2, 0.25) is 0 Å². The molecule has 0 aromatic heterocycles. The second-order valence-electron chi connectivity index (χ2n) is 4.70. The van der Waals surface area contributed by atoms with Gasteiger partial charge in [0.2, 0.25) is 0 Å². The molecule has 1 aromatic carbocycles. The molecular formula is C13H19N3O. The zero-order chi connectivity index (χ0) is 11.7. The van der Waals surface area contributed by atoms with Crippen LogP contribution in [0.15, 0.2) is 18.2 Å². The van der Waals surface area contributed by atoms with Gasteiger partial charge in [-0.1, -0.05) is 6.07 Å². The monoisotopic (exact) mass is 233 g/mol. The van der Waals surface area contributed by atoms with Crippen LogP contribution < -0.4 is 15.8 Å². The maximum absolute atomic E-state index is 6.32. The molecule has 1 saturated heterocycles. The van der Waals surface area contributed by atoms with E-state index in [0.717, 1.165) is 45.0 Å². The van der Waals surface area contributed by atoms with Crippen LogP contribution in [0.3, 0.4) is 0 Å². The number of hydrogen-bond donors (Lipinski definition) is 2. The van der Waals surface area contributed by atoms with Gasteiger partial charge in [0.1, 0.15) is 5.75 Å². The summed E-state index contributed by atoms with van der Waals surface area (Å²) in [5.74, 6) is 1.03. The first-order valence-corrected chi connectivity index (χ1v) is 6.30. The minimum atomic E-state index is 0.0167. The second-order valence-corrected chi connectivity index (χ2v) is 4.70. The van der Waals surface area contributed by atoms with Crippen molar-refractivity contribution in [3.8, 4) is 5.75 Å². The number of rotatable bonds is 2. The summed E-state index contributed by atoms with van der Waals surface area (Å²) < 4.78 is 5.51. The lowest BCUT2D eigenvalue weighted by molar-refractivity contribution is 0.177. The van der Waals surface area contributed by atoms with Gasteiger partial charge in [-0.25, -0.2) is 0 Å². The fourth-order valence-corrected chi connectivity index (χ4v) is 2.56. The van der Waals surface area contributed by atoms with E-state index in [-0.39, 0.29) is 6.17 Å². The second kappa shape index (κ2) is 4.64. The van der Waals surface area contributed by atoms with Crippen molar-refractivity contribution in [1.82, 2.24) is 10.2 Å². The predicted molar refractivity (Wildman–Crippen MR) is 67.0 cm³/mol. The molecule has 0 radical (unpaired) electrons. The Labute approximate surface area is 102 Å². The van der Waals surface area contributed by atoms with Gasteiger partial charge in [-0.15, -0.1) is 0 Å². The lowest BCUT2D eigenvalue weighted by Gasteiger charge is -2.32. The maximum atomic E-state index is 6.32. The van der Waals surface area contributed by atoms with Gasteiger partial charge in [0.15, 0.2) is 0 Å². The SMILES string of the molecule is NC(c1ccc2c(c1)CCO2)N1CCNCC1. The average Bonchev–Trinajstić information content (AvgIpc) is 2.86. The maximum Gasteiger partial charge on any atom is 0.122 e. The van der Waals surface area contributed by atoms with Gasteiger partial charge in [-0.3, -0.25) is 4.90 Å². The van der Waals surface area contributed by atoms with E-state index in [0.29, 0.717) is 0 Å². The van der Waals surface area contributed by atoms with Crippen molar-refractivity contribution in [2.24, 2.45) is 5.73 Å². The van der Waals surface area contributed by atoms with Crippen LogP contribution in [0.5, 0.6) is 5.75 Å². The van der Waals surface area contributed by atoms with E-state index >= 15 is 0 Å². The van der Waals surface area contributed by atoms with Gasteiger partial charge in [0, 0.05) is 32.6 Å². The van der Waals surface area contributed by atoms with Gasteiger partial charge in [-0.05, 0) is 23.3 Å². The van der Waals surface area contributed by atoms with Crippen LogP contribution in [-0.2, 0) is 6.42 Å². The minimum absolute atomic E-state index is 0.0167. The highest BCUT2D eigenvalue weighted by atomic mass is 16.5. The fourth-order valence-electron chi connectivity index (χ4n) is 2.56. The Hall–Kier alpha value is -1.10. The number of hydrogen-bond acceptors (Lipinski definition) is 4. The number of nitrogens with zero attached hydrogens (tertiary/aromatic N) is 1. The van der Waals surface area contributed by atoms with Gasteiger partial charge in [-0.2, -0.15) is 0 Å². The summed E-state index contributed by atoms with van der Waals surface area (Å²) in [6.07, 6.45) is 1.03. The van der Waals surface area contributed by atoms with Crippen molar-refractivity contribution in [1.29, 1.82) is 0 Å². The lowest BCUT2D eigenvalue weighted by atomic mass is 10.1. The van der Waals surface area contributed by atoms with Crippen LogP contribution in [-0.4, -0.2) is 37.7 Å². The number of nitrogens with two attached hydrogens (primary N) is 1. The summed E-state index contributed by atoms with van der Waals surface area (Å²) in [5, 5.41) is 3.35. The molecule has 1 atom stereocenters. The third-order valence-electron chi connectivity index (χ3n) is 3.60. The summed E-state index contributed by atoms with van der Waals surface area (Å²) in [7, 11) is 0. The number of nitrogens with one attached hydrogen (secondary N) is 1. The van der Waals surface area contributed by atoms with Gasteiger partial charge in [0.05, 0.1) is 12.8 Å². The van der Waals surface area contributed by atoms with Crippen LogP contribution in [0.25, 0.3) is 0 Å². The number of ether oxygens (including phenoxy) is 1. The standard InChI is InChI=1S/C13H19N3O/c14-13(16-6-4-15-5-7-16)11-1-2-12-10(9-11)3-8-17-12/h1-2,9,13,15H,3-8,14H2. The van der Waals surface area contributed by atoms with E-state index < -0.39 is 0 Å². The van der Waals surface area contributed by atoms with Crippen LogP contribution in [0.1, 0.15) is 17.3 Å². The molecule has 0 aliphatic carbocycles. The number of piperazine rings is 1. The Morgan fingerprint density at radius 3 is 2.94 bits per heavy atom. The predicted octanol–water partition coefficient (Wildman–Crippen LogP) is 0.484. The van der Waals surface area contributed by atoms with E-state index in [1.54, 1.807) is 0 Å². The first-order chi connectivity index (χ1) is 8.34. The molecule has 2 aliphatic rings. The van der Waals surface area contributed by atoms with Gasteiger partial charge < -0.3 is 15.8 Å². The molecule has 4 nitrogen and oxygen atoms in total. The molecule has 92 valence electrons. The summed E-state index contributed by atoms with van der Waals surface area (Å²) >= 11 is 0. The Kier molecular flexibility index (Phi) is 3.01. The molecule has 0 amide bonds. The molecule has 3 N–H and O–H groups in total. The molecule has 3 rings (SSSR count). The number of fused-ring (bicyclic) bond motifs is 1. The van der Waals surface area contributed by atoms with Crippen molar-refractivity contribution in [2.45, 2.75) is 12.6 Å². The number of benzene rings is 1. The Bertz CT molecular complexity index is 402. The quantitative estimate of drug-likeness (QED) is 0.780. The van der Waals surface area contributed by atoms with Crippen molar-refractivity contribution in [2.75, 3.05) is 32.8 Å². The zero-order valence-electron chi connectivity index (χ0n) is 9.98. The Morgan fingerprint density at radius 1 is 1.29 bits per heavy atom. The van der Waals surface area contributed by atoms with E-state index in [4.69, 9.17) is 10.5 Å². The topological polar surface area (TPSA) is 50.5 Å². The summed E-state index contributed by atoms with van der Waals surface area (Å²) in [5.41, 5.74) is 8.83. The van der Waals surface area contributed by atoms with Crippen LogP contribution in [0.4, 0.5) is 0 Å². The van der Waals surface area contributed by atoms with Crippen LogP contribution >= 0.6 is 0 Å². The van der Waals surface area contributed by atoms with Gasteiger partial charge >= 0.3 is 0 Å². The van der Waals surface area contributed by atoms with E-state index in [1.165, 1.54) is 11.1 Å². The summed E-state index contributed by atoms with van der Waals surface area (Å²) in [4.78, 5) is 2.33. The van der Waals surface area contributed by atoms with Crippen molar-refractivity contribution < 1.29 is 4.74 Å². The van der Waals surface area contributed by atoms with E-state index in [2.05, 4.69) is 28.4 Å². The molecule has 2 aliphatic heterocycles. The van der Waals surface area contributed by atoms with Crippen LogP contribution in [0, 0.1) is 0 Å². The third kappa shape index (κ3) is 2.16. The average molecular weight is 233 g/mol. The molecule has 4 heteroatoms. The third-order valence-corrected chi connectivity index (χ3v) is 3.60. The normalized spacial score (nSPS) is 21.9. The molecule has 1 aromatic rings. The molecule has 1 unspecified atom stereocenters. The first kappa shape index (κ1) is 11.0. The van der Waals surface area contributed by atoms with Crippen molar-refractivity contribution in [3.63, 3.8) is 0 Å². The Balaban J connectivity index is 1.78. The van der Waals surface area contributed by atoms with Gasteiger partial charge in [0.25, 0.3) is 0 Å². The molecule has 0 saturated carbocycles. The van der Waals surface area contributed by atoms with Crippen molar-refractivity contribution >= 4 is 0 Å². The summed E-state index contributed by atoms with van der Waals surface area (Å²) in [6, 6.07) is 6.35. The van der Waals surface area contributed by atoms with E-state index in [1.807, 2.05) is 0 Å². The van der Waals surface area contributed by atoms with Crippen molar-refractivity contribution in [3.05, 3.63) is 29.3 Å². The molecule has 17 heavy (non-hydrogen) atoms. The minimum Gasteiger partial charge on any atom is -0.493 e. The summed E-state index contributed by atoms with van der Waals surface area (Å²) in [6.45, 7) is 4.91. The first-order valence-electron chi connectivity index (χ1n) is 6.30. The van der Waals surface area contributed by atoms with E-state index in [9.17, 15) is 0 Å². The molecule has 0 bridgehead atoms. The highest BCUT2D eigenvalue weighted by molar-refractivity contribution is 5.40. The molecular weight excluding hydrogens is 214 g/mol.